The highest BCUT2D eigenvalue weighted by Gasteiger charge is 2.40. The molecule has 1 aliphatic rings. The summed E-state index contributed by atoms with van der Waals surface area (Å²) in [5.74, 6) is -0.261. The Morgan fingerprint density at radius 3 is 2.27 bits per heavy atom. The molecule has 1 unspecified atom stereocenters. The molecule has 1 amide bonds. The third-order valence-electron chi connectivity index (χ3n) is 7.35. The normalized spacial score (nSPS) is 16.2. The number of ether oxygens (including phenoxy) is 1. The molecule has 3 aromatic heterocycles. The zero-order valence-corrected chi connectivity index (χ0v) is 25.7. The van der Waals surface area contributed by atoms with Crippen molar-refractivity contribution in [2.45, 2.75) is 70.6 Å². The van der Waals surface area contributed by atoms with Crippen LogP contribution in [0.4, 0.5) is 51.1 Å². The maximum absolute atomic E-state index is 13.9. The van der Waals surface area contributed by atoms with Crippen molar-refractivity contribution < 1.29 is 49.0 Å². The molecule has 1 atom stereocenters. The molecule has 264 valence electrons. The van der Waals surface area contributed by atoms with E-state index in [1.807, 2.05) is 0 Å². The molecular formula is C28H31F9N8O3. The number of aromatic nitrogens is 5. The predicted octanol–water partition coefficient (Wildman–Crippen LogP) is 5.04. The minimum atomic E-state index is -5.13. The molecule has 1 aliphatic heterocycles. The van der Waals surface area contributed by atoms with Crippen molar-refractivity contribution in [1.82, 2.24) is 29.2 Å². The van der Waals surface area contributed by atoms with Crippen LogP contribution in [0.2, 0.25) is 0 Å². The van der Waals surface area contributed by atoms with Gasteiger partial charge in [-0.2, -0.15) is 44.6 Å². The molecule has 0 bridgehead atoms. The Morgan fingerprint density at radius 1 is 1.02 bits per heavy atom. The van der Waals surface area contributed by atoms with Crippen LogP contribution in [0.5, 0.6) is 0 Å². The van der Waals surface area contributed by atoms with Gasteiger partial charge < -0.3 is 24.4 Å². The molecule has 48 heavy (non-hydrogen) atoms. The zero-order valence-electron chi connectivity index (χ0n) is 25.7. The highest BCUT2D eigenvalue weighted by Crippen LogP contribution is 2.33. The standard InChI is InChI=1S/C28H31F9N8O3/c1-17(41-20-12-40-45(16-48-9-5-26(29,30)31)23(47)21(20)28(35,36)37)13-42-6-4-18(14-42)22(46)44-8-7-43(15-25(44,2)3)24-38-10-19(11-39-24)27(32,33)34/h4,6,10-12,14,17,41H,5,7-9,13,15-16H2,1-3H3. The molecular weight excluding hydrogens is 667 g/mol. The first-order valence-electron chi connectivity index (χ1n) is 14.4. The summed E-state index contributed by atoms with van der Waals surface area (Å²) in [6.45, 7) is 4.01. The first kappa shape index (κ1) is 36.5. The van der Waals surface area contributed by atoms with Gasteiger partial charge in [0.15, 0.2) is 0 Å². The summed E-state index contributed by atoms with van der Waals surface area (Å²) < 4.78 is 124. The fourth-order valence-corrected chi connectivity index (χ4v) is 5.10. The van der Waals surface area contributed by atoms with Gasteiger partial charge >= 0.3 is 18.5 Å². The summed E-state index contributed by atoms with van der Waals surface area (Å²) in [6.07, 6.45) is -10.4. The van der Waals surface area contributed by atoms with Gasteiger partial charge in [-0.05, 0) is 26.8 Å². The Labute approximate surface area is 267 Å². The number of hydrogen-bond donors (Lipinski definition) is 1. The van der Waals surface area contributed by atoms with Crippen LogP contribution in [0.1, 0.15) is 48.7 Å². The van der Waals surface area contributed by atoms with Crippen molar-refractivity contribution in [3.05, 3.63) is 64.1 Å². The van der Waals surface area contributed by atoms with E-state index in [0.29, 0.717) is 12.4 Å². The van der Waals surface area contributed by atoms with Gasteiger partial charge in [-0.1, -0.05) is 0 Å². The lowest BCUT2D eigenvalue weighted by atomic mass is 9.98. The van der Waals surface area contributed by atoms with E-state index in [1.165, 1.54) is 19.2 Å². The summed E-state index contributed by atoms with van der Waals surface area (Å²) in [4.78, 5) is 36.9. The number of hydrogen-bond acceptors (Lipinski definition) is 8. The largest absolute Gasteiger partial charge is 0.423 e. The second-order valence-electron chi connectivity index (χ2n) is 11.7. The summed E-state index contributed by atoms with van der Waals surface area (Å²) in [5.41, 5.74) is -5.34. The first-order chi connectivity index (χ1) is 22.2. The minimum Gasteiger partial charge on any atom is -0.379 e. The van der Waals surface area contributed by atoms with Crippen LogP contribution >= 0.6 is 0 Å². The van der Waals surface area contributed by atoms with Crippen LogP contribution in [0.3, 0.4) is 0 Å². The second-order valence-corrected chi connectivity index (χ2v) is 11.7. The number of anilines is 2. The third kappa shape index (κ3) is 8.95. The molecule has 0 radical (unpaired) electrons. The second kappa shape index (κ2) is 13.6. The molecule has 0 aromatic carbocycles. The van der Waals surface area contributed by atoms with Gasteiger partial charge in [-0.15, -0.1) is 0 Å². The lowest BCUT2D eigenvalue weighted by Crippen LogP contribution is -2.61. The number of alkyl halides is 9. The van der Waals surface area contributed by atoms with Gasteiger partial charge in [-0.25, -0.2) is 14.6 Å². The zero-order chi connectivity index (χ0) is 35.7. The maximum Gasteiger partial charge on any atom is 0.423 e. The number of amides is 1. The topological polar surface area (TPSA) is 110 Å². The number of halogens is 9. The summed E-state index contributed by atoms with van der Waals surface area (Å²) in [6, 6.07) is 0.796. The quantitative estimate of drug-likeness (QED) is 0.232. The van der Waals surface area contributed by atoms with Gasteiger partial charge in [-0.3, -0.25) is 9.59 Å². The number of carbonyl (C=O) groups is 1. The van der Waals surface area contributed by atoms with E-state index in [1.54, 1.807) is 34.4 Å². The Hall–Kier alpha value is -4.36. The van der Waals surface area contributed by atoms with Crippen LogP contribution in [0, 0.1) is 0 Å². The highest BCUT2D eigenvalue weighted by molar-refractivity contribution is 5.94. The fourth-order valence-electron chi connectivity index (χ4n) is 5.10. The van der Waals surface area contributed by atoms with Crippen LogP contribution in [-0.2, 0) is 30.4 Å². The van der Waals surface area contributed by atoms with Gasteiger partial charge in [0.2, 0.25) is 5.95 Å². The third-order valence-corrected chi connectivity index (χ3v) is 7.35. The van der Waals surface area contributed by atoms with E-state index in [2.05, 4.69) is 25.1 Å². The number of carbonyl (C=O) groups excluding carboxylic acids is 1. The Bertz CT molecular complexity index is 1630. The number of nitrogens with zero attached hydrogens (tertiary/aromatic N) is 7. The molecule has 0 aliphatic carbocycles. The van der Waals surface area contributed by atoms with Gasteiger partial charge in [0, 0.05) is 57.0 Å². The Kier molecular flexibility index (Phi) is 10.4. The Morgan fingerprint density at radius 2 is 1.69 bits per heavy atom. The lowest BCUT2D eigenvalue weighted by Gasteiger charge is -2.47. The highest BCUT2D eigenvalue weighted by atomic mass is 19.4. The smallest absolute Gasteiger partial charge is 0.379 e. The van der Waals surface area contributed by atoms with E-state index in [4.69, 9.17) is 0 Å². The van der Waals surface area contributed by atoms with Crippen molar-refractivity contribution in [2.75, 3.05) is 36.5 Å². The van der Waals surface area contributed by atoms with E-state index >= 15 is 0 Å². The van der Waals surface area contributed by atoms with E-state index < -0.39 is 72.2 Å². The predicted molar refractivity (Wildman–Crippen MR) is 152 cm³/mol. The average molecular weight is 699 g/mol. The van der Waals surface area contributed by atoms with Crippen LogP contribution in [-0.4, -0.2) is 79.1 Å². The number of nitrogens with one attached hydrogen (secondary N) is 1. The molecule has 4 heterocycles. The Balaban J connectivity index is 1.39. The maximum atomic E-state index is 13.9. The molecule has 1 fully saturated rings. The van der Waals surface area contributed by atoms with Gasteiger partial charge in [0.1, 0.15) is 12.3 Å². The molecule has 0 saturated carbocycles. The lowest BCUT2D eigenvalue weighted by molar-refractivity contribution is -0.148. The molecule has 1 saturated heterocycles. The molecule has 0 spiro atoms. The van der Waals surface area contributed by atoms with Crippen molar-refractivity contribution in [3.63, 3.8) is 0 Å². The molecule has 4 rings (SSSR count). The molecule has 11 nitrogen and oxygen atoms in total. The van der Waals surface area contributed by atoms with Crippen LogP contribution < -0.4 is 15.8 Å². The summed E-state index contributed by atoms with van der Waals surface area (Å²) in [5, 5.41) is 6.19. The molecule has 3 aromatic rings. The molecule has 20 heteroatoms. The van der Waals surface area contributed by atoms with Crippen molar-refractivity contribution in [1.29, 1.82) is 0 Å². The number of rotatable bonds is 10. The summed E-state index contributed by atoms with van der Waals surface area (Å²) >= 11 is 0. The van der Waals surface area contributed by atoms with Gasteiger partial charge in [0.05, 0.1) is 41.6 Å². The van der Waals surface area contributed by atoms with Crippen LogP contribution in [0.25, 0.3) is 0 Å². The van der Waals surface area contributed by atoms with Crippen molar-refractivity contribution >= 4 is 17.5 Å². The van der Waals surface area contributed by atoms with Crippen molar-refractivity contribution in [2.24, 2.45) is 0 Å². The minimum absolute atomic E-state index is 0.0522. The van der Waals surface area contributed by atoms with E-state index in [-0.39, 0.29) is 48.3 Å². The average Bonchev–Trinajstić information content (AvgIpc) is 3.42. The number of piperazine rings is 1. The SMILES string of the molecule is CC(Cn1ccc(C(=O)N2CCN(c3ncc(C(F)(F)F)cn3)CC2(C)C)c1)Nc1cnn(COCCC(F)(F)F)c(=O)c1C(F)(F)F. The summed E-state index contributed by atoms with van der Waals surface area (Å²) in [7, 11) is 0. The first-order valence-corrected chi connectivity index (χ1v) is 14.4. The van der Waals surface area contributed by atoms with Gasteiger partial charge in [0.25, 0.3) is 11.5 Å². The van der Waals surface area contributed by atoms with E-state index in [9.17, 15) is 49.1 Å². The molecule has 1 N–H and O–H groups in total. The monoisotopic (exact) mass is 698 g/mol. The van der Waals surface area contributed by atoms with E-state index in [0.717, 1.165) is 6.20 Å². The van der Waals surface area contributed by atoms with Crippen molar-refractivity contribution in [3.8, 4) is 0 Å². The van der Waals surface area contributed by atoms with Crippen LogP contribution in [0.15, 0.2) is 41.8 Å². The fraction of sp³-hybridized carbons (Fsp3) is 0.536.